The van der Waals surface area contributed by atoms with E-state index in [9.17, 15) is 40.5 Å². The highest BCUT2D eigenvalue weighted by Gasteiger charge is 2.64. The fourth-order valence-corrected chi connectivity index (χ4v) is 4.55. The molecule has 1 heterocycles. The van der Waals surface area contributed by atoms with Gasteiger partial charge in [-0.2, -0.15) is 0 Å². The first-order chi connectivity index (χ1) is 15.0. The van der Waals surface area contributed by atoms with Crippen molar-refractivity contribution in [1.29, 1.82) is 0 Å². The molecule has 0 spiro atoms. The van der Waals surface area contributed by atoms with Crippen LogP contribution < -0.4 is 5.32 Å². The van der Waals surface area contributed by atoms with Gasteiger partial charge in [-0.05, 0) is 13.8 Å². The number of nitrogens with one attached hydrogen (secondary N) is 1. The standard InChI is InChI=1S/C19H19N5O8/c1-19(2)17(23(29)30)15(11-7-3-5-9-13(11)21(25)26)20-16(18(19)24(31)32)12-8-4-6-10-14(12)22(27)28/h3-10,15-18,20H,1-2H3/t15-,16-,17+,18+/m1/s1. The number of hydrogen-bond donors (Lipinski definition) is 1. The van der Waals surface area contributed by atoms with Crippen LogP contribution >= 0.6 is 0 Å². The molecule has 2 aromatic carbocycles. The van der Waals surface area contributed by atoms with Crippen molar-refractivity contribution in [3.8, 4) is 0 Å². The Morgan fingerprint density at radius 2 is 1.03 bits per heavy atom. The first-order valence-corrected chi connectivity index (χ1v) is 9.48. The van der Waals surface area contributed by atoms with E-state index >= 15 is 0 Å². The molecule has 2 aromatic rings. The molecule has 3 rings (SSSR count). The molecule has 0 radical (unpaired) electrons. The molecule has 1 aliphatic rings. The summed E-state index contributed by atoms with van der Waals surface area (Å²) in [5.74, 6) is 0. The Hall–Kier alpha value is -4.00. The summed E-state index contributed by atoms with van der Waals surface area (Å²) < 4.78 is 0. The minimum absolute atomic E-state index is 0.0299. The van der Waals surface area contributed by atoms with Crippen molar-refractivity contribution in [2.24, 2.45) is 5.41 Å². The number of nitro groups is 4. The lowest BCUT2D eigenvalue weighted by molar-refractivity contribution is -0.605. The molecule has 13 heteroatoms. The molecule has 13 nitrogen and oxygen atoms in total. The zero-order valence-electron chi connectivity index (χ0n) is 17.0. The highest BCUT2D eigenvalue weighted by molar-refractivity contribution is 5.46. The summed E-state index contributed by atoms with van der Waals surface area (Å²) in [5.41, 5.74) is -2.49. The first kappa shape index (κ1) is 22.7. The second kappa shape index (κ2) is 8.26. The maximum Gasteiger partial charge on any atom is 0.274 e. The summed E-state index contributed by atoms with van der Waals surface area (Å²) in [4.78, 5) is 44.6. The first-order valence-electron chi connectivity index (χ1n) is 9.48. The van der Waals surface area contributed by atoms with Gasteiger partial charge in [0.15, 0.2) is 0 Å². The lowest BCUT2D eigenvalue weighted by Crippen LogP contribution is -2.63. The molecular weight excluding hydrogens is 426 g/mol. The van der Waals surface area contributed by atoms with Crippen LogP contribution in [-0.2, 0) is 0 Å². The number of benzene rings is 2. The van der Waals surface area contributed by atoms with Crippen LogP contribution in [0.4, 0.5) is 11.4 Å². The molecule has 0 aliphatic carbocycles. The summed E-state index contributed by atoms with van der Waals surface area (Å²) in [6, 6.07) is 4.88. The highest BCUT2D eigenvalue weighted by Crippen LogP contribution is 2.49. The molecule has 1 aliphatic heterocycles. The van der Waals surface area contributed by atoms with E-state index in [0.29, 0.717) is 0 Å². The van der Waals surface area contributed by atoms with Gasteiger partial charge < -0.3 is 0 Å². The largest absolute Gasteiger partial charge is 0.291 e. The van der Waals surface area contributed by atoms with Crippen molar-refractivity contribution in [2.45, 2.75) is 38.0 Å². The molecule has 168 valence electrons. The minimum atomic E-state index is -1.64. The smallest absolute Gasteiger partial charge is 0.274 e. The maximum absolute atomic E-state index is 12.1. The molecular formula is C19H19N5O8. The van der Waals surface area contributed by atoms with Crippen LogP contribution in [0, 0.1) is 45.9 Å². The van der Waals surface area contributed by atoms with Gasteiger partial charge in [-0.15, -0.1) is 0 Å². The van der Waals surface area contributed by atoms with Gasteiger partial charge >= 0.3 is 0 Å². The zero-order chi connectivity index (χ0) is 23.8. The van der Waals surface area contributed by atoms with E-state index in [1.165, 1.54) is 62.4 Å². The second-order valence-electron chi connectivity index (χ2n) is 8.04. The van der Waals surface area contributed by atoms with Crippen molar-refractivity contribution in [3.05, 3.63) is 100 Å². The third-order valence-electron chi connectivity index (χ3n) is 5.91. The fraction of sp³-hybridized carbons (Fsp3) is 0.368. The monoisotopic (exact) mass is 445 g/mol. The van der Waals surface area contributed by atoms with E-state index in [2.05, 4.69) is 5.32 Å². The fourth-order valence-electron chi connectivity index (χ4n) is 4.55. The van der Waals surface area contributed by atoms with Gasteiger partial charge in [-0.1, -0.05) is 36.4 Å². The Morgan fingerprint density at radius 1 is 0.688 bits per heavy atom. The Labute approximate surface area is 180 Å². The molecule has 0 amide bonds. The van der Waals surface area contributed by atoms with E-state index in [4.69, 9.17) is 0 Å². The van der Waals surface area contributed by atoms with E-state index in [-0.39, 0.29) is 11.1 Å². The minimum Gasteiger partial charge on any atom is -0.291 e. The van der Waals surface area contributed by atoms with Crippen molar-refractivity contribution in [1.82, 2.24) is 5.32 Å². The van der Waals surface area contributed by atoms with E-state index in [1.807, 2.05) is 0 Å². The second-order valence-corrected chi connectivity index (χ2v) is 8.04. The lowest BCUT2D eigenvalue weighted by Gasteiger charge is -2.44. The van der Waals surface area contributed by atoms with Gasteiger partial charge in [0.25, 0.3) is 11.4 Å². The summed E-state index contributed by atoms with van der Waals surface area (Å²) >= 11 is 0. The Balaban J connectivity index is 2.29. The van der Waals surface area contributed by atoms with E-state index in [1.54, 1.807) is 0 Å². The summed E-state index contributed by atoms with van der Waals surface area (Å²) in [7, 11) is 0. The molecule has 4 atom stereocenters. The maximum atomic E-state index is 12.1. The molecule has 0 aromatic heterocycles. The van der Waals surface area contributed by atoms with Crippen molar-refractivity contribution >= 4 is 11.4 Å². The van der Waals surface area contributed by atoms with Crippen LogP contribution in [-0.4, -0.2) is 31.8 Å². The number of piperidine rings is 1. The van der Waals surface area contributed by atoms with Gasteiger partial charge in [-0.3, -0.25) is 45.8 Å². The number of nitro benzene ring substituents is 2. The molecule has 0 bridgehead atoms. The molecule has 32 heavy (non-hydrogen) atoms. The number of hydrogen-bond acceptors (Lipinski definition) is 9. The molecule has 1 N–H and O–H groups in total. The number of nitrogens with zero attached hydrogens (tertiary/aromatic N) is 4. The molecule has 1 fully saturated rings. The average molecular weight is 445 g/mol. The van der Waals surface area contributed by atoms with Gasteiger partial charge in [0.05, 0.1) is 21.0 Å². The van der Waals surface area contributed by atoms with Crippen molar-refractivity contribution < 1.29 is 19.7 Å². The third-order valence-corrected chi connectivity index (χ3v) is 5.91. The van der Waals surface area contributed by atoms with Gasteiger partial charge in [0.2, 0.25) is 12.1 Å². The van der Waals surface area contributed by atoms with E-state index in [0.717, 1.165) is 0 Å². The Bertz CT molecular complexity index is 1020. The predicted octanol–water partition coefficient (Wildman–Crippen LogP) is 3.21. The third kappa shape index (κ3) is 3.73. The van der Waals surface area contributed by atoms with Crippen LogP contribution in [0.15, 0.2) is 48.5 Å². The van der Waals surface area contributed by atoms with Crippen molar-refractivity contribution in [3.63, 3.8) is 0 Å². The van der Waals surface area contributed by atoms with Crippen LogP contribution in [0.25, 0.3) is 0 Å². The Kier molecular flexibility index (Phi) is 5.86. The zero-order valence-corrected chi connectivity index (χ0v) is 17.0. The lowest BCUT2D eigenvalue weighted by atomic mass is 9.66. The molecule has 1 saturated heterocycles. The van der Waals surface area contributed by atoms with Crippen LogP contribution in [0.2, 0.25) is 0 Å². The predicted molar refractivity (Wildman–Crippen MR) is 110 cm³/mol. The van der Waals surface area contributed by atoms with Crippen LogP contribution in [0.3, 0.4) is 0 Å². The highest BCUT2D eigenvalue weighted by atomic mass is 16.6. The van der Waals surface area contributed by atoms with E-state index < -0.39 is 60.7 Å². The summed E-state index contributed by atoms with van der Waals surface area (Å²) in [6.07, 6.45) is 0. The number of rotatable bonds is 6. The average Bonchev–Trinajstić information content (AvgIpc) is 2.71. The topological polar surface area (TPSA) is 185 Å². The van der Waals surface area contributed by atoms with Gasteiger partial charge in [0, 0.05) is 22.0 Å². The normalized spacial score (nSPS) is 24.4. The SMILES string of the molecule is CC1(C)[C@@H]([N+](=O)[O-])[C@@H](c2ccccc2[N+](=O)[O-])N[C@H](c2ccccc2[N+](=O)[O-])[C@@H]1[N+](=O)[O-]. The van der Waals surface area contributed by atoms with Gasteiger partial charge in [-0.25, -0.2) is 0 Å². The molecule has 0 unspecified atom stereocenters. The van der Waals surface area contributed by atoms with Crippen molar-refractivity contribution in [2.75, 3.05) is 0 Å². The number of para-hydroxylation sites is 2. The quantitative estimate of drug-likeness (QED) is 0.515. The van der Waals surface area contributed by atoms with Gasteiger partial charge in [0.1, 0.15) is 17.5 Å². The molecule has 0 saturated carbocycles. The summed E-state index contributed by atoms with van der Waals surface area (Å²) in [5, 5.41) is 50.1. The Morgan fingerprint density at radius 3 is 1.34 bits per heavy atom. The van der Waals surface area contributed by atoms with Crippen LogP contribution in [0.1, 0.15) is 37.1 Å². The summed E-state index contributed by atoms with van der Waals surface area (Å²) in [6.45, 7) is 2.66. The van der Waals surface area contributed by atoms with Crippen LogP contribution in [0.5, 0.6) is 0 Å².